The standard InChI is InChI=1S/C18H14ClFN2O3S.C12H10FN.2C6H5Cl2NO3S.C6H6ClNO.C5H4ClNO.ClHO3S/c1-22-11-14(19)10-17(18(22)23)26(24,25)21-16-9-13(7-8-15(16)20)12-5-3-2-4-6-12;13-11-7-6-10(8-12(11)14)9-4-2-1-3-5-9;2*1-9-3-4(7)2-5(6(9)10)13(8,11)12;1-8-4-5(7)2-3-6(8)9;6-4-1-2-5(8)7-3-4;1-5(2,3)4/h2-11,21H,1H3;1-8H,14H2;2*2-3H,1H3;2-4H,1H3;1-3H,(H,7,8);(H,2,3,4). The Morgan fingerprint density at radius 1 is 0.455 bits per heavy atom. The van der Waals surface area contributed by atoms with Crippen LogP contribution in [0.1, 0.15) is 0 Å². The summed E-state index contributed by atoms with van der Waals surface area (Å²) in [5.41, 5.74) is 6.49. The Morgan fingerprint density at radius 3 is 1.19 bits per heavy atom. The van der Waals surface area contributed by atoms with Gasteiger partial charge in [-0.3, -0.25) is 33.2 Å². The quantitative estimate of drug-likeness (QED) is 0.0655. The van der Waals surface area contributed by atoms with Gasteiger partial charge in [0.1, 0.15) is 21.4 Å². The van der Waals surface area contributed by atoms with E-state index in [1.807, 2.05) is 60.7 Å². The van der Waals surface area contributed by atoms with E-state index in [4.69, 9.17) is 98.1 Å². The monoisotopic (exact) mass is 1450 g/mol. The van der Waals surface area contributed by atoms with Gasteiger partial charge in [-0.15, -0.1) is 0 Å². The lowest BCUT2D eigenvalue weighted by Crippen LogP contribution is -2.27. The molecule has 0 saturated carbocycles. The summed E-state index contributed by atoms with van der Waals surface area (Å²) in [4.78, 5) is 56.4. The highest BCUT2D eigenvalue weighted by Crippen LogP contribution is 2.27. The zero-order valence-electron chi connectivity index (χ0n) is 45.2. The van der Waals surface area contributed by atoms with Crippen LogP contribution < -0.4 is 38.3 Å². The predicted octanol–water partition coefficient (Wildman–Crippen LogP) is 10.7. The van der Waals surface area contributed by atoms with Crippen LogP contribution in [0.2, 0.25) is 25.1 Å². The summed E-state index contributed by atoms with van der Waals surface area (Å²) in [7, 11) is 3.33. The highest BCUT2D eigenvalue weighted by molar-refractivity contribution is 8.14. The molecule has 5 heterocycles. The molecule has 9 rings (SSSR count). The molecule has 0 atom stereocenters. The average Bonchev–Trinajstić information content (AvgIpc) is 1.75. The molecule has 4 aromatic carbocycles. The highest BCUT2D eigenvalue weighted by Gasteiger charge is 2.23. The van der Waals surface area contributed by atoms with Gasteiger partial charge in [-0.2, -0.15) is 8.42 Å². The Labute approximate surface area is 539 Å². The minimum absolute atomic E-state index is 0.0422. The smallest absolute Gasteiger partial charge is 0.353 e. The second-order valence-electron chi connectivity index (χ2n) is 17.0. The number of nitrogens with two attached hydrogens (primary N) is 1. The van der Waals surface area contributed by atoms with E-state index in [0.29, 0.717) is 15.6 Å². The van der Waals surface area contributed by atoms with E-state index in [-0.39, 0.29) is 43.4 Å². The second kappa shape index (κ2) is 33.7. The molecule has 21 nitrogen and oxygen atoms in total. The molecule has 88 heavy (non-hydrogen) atoms. The molecule has 0 spiro atoms. The number of sulfonamides is 1. The summed E-state index contributed by atoms with van der Waals surface area (Å²) in [5.74, 6) is -1.13. The Hall–Kier alpha value is -6.83. The SMILES string of the molecule is Cn1cc(Cl)cc(S(=O)(=O)Cl)c1=O.Cn1cc(Cl)cc(S(=O)(=O)Cl)c1=O.Cn1cc(Cl)cc(S(=O)(=O)Nc2cc(-c3ccccc3)ccc2F)c1=O.Cn1cc(Cl)ccc1=O.Nc1cc(-c2ccccc2)ccc1F.O=S(=O)(O)Cl.O=c1ccc(Cl)c[nH]1. The summed E-state index contributed by atoms with van der Waals surface area (Å²) in [6, 6.07) is 36.7. The average molecular weight is 1450 g/mol. The van der Waals surface area contributed by atoms with Crippen LogP contribution in [0.4, 0.5) is 20.2 Å². The topological polar surface area (TPSA) is 316 Å². The van der Waals surface area contributed by atoms with Crippen LogP contribution in [0.3, 0.4) is 0 Å². The van der Waals surface area contributed by atoms with Crippen molar-refractivity contribution >= 4 is 139 Å². The molecule has 0 bridgehead atoms. The van der Waals surface area contributed by atoms with Crippen molar-refractivity contribution in [2.24, 2.45) is 28.2 Å². The number of nitrogens with one attached hydrogen (secondary N) is 2. The Balaban J connectivity index is 0.000000284. The van der Waals surface area contributed by atoms with Crippen molar-refractivity contribution in [1.82, 2.24) is 23.3 Å². The number of pyridine rings is 5. The summed E-state index contributed by atoms with van der Waals surface area (Å²) >= 11 is 27.9. The Bertz CT molecular complexity index is 4600. The van der Waals surface area contributed by atoms with Gasteiger partial charge in [0.2, 0.25) is 11.1 Å². The molecule has 35 heteroatoms. The Morgan fingerprint density at radius 2 is 0.830 bits per heavy atom. The number of H-pyrrole nitrogens is 1. The minimum atomic E-state index is -4.32. The number of halogens is 10. The largest absolute Gasteiger partial charge is 0.396 e. The number of rotatable bonds is 7. The molecule has 0 saturated heterocycles. The van der Waals surface area contributed by atoms with Crippen LogP contribution in [-0.2, 0) is 65.6 Å². The summed E-state index contributed by atoms with van der Waals surface area (Å²) in [6.07, 6.45) is 6.91. The maximum absolute atomic E-state index is 14.2. The maximum Gasteiger partial charge on any atom is 0.353 e. The summed E-state index contributed by atoms with van der Waals surface area (Å²) in [6.45, 7) is 0. The van der Waals surface area contributed by atoms with E-state index in [1.54, 1.807) is 43.6 Å². The molecule has 0 amide bonds. The van der Waals surface area contributed by atoms with E-state index in [0.717, 1.165) is 54.7 Å². The van der Waals surface area contributed by atoms with Crippen LogP contribution in [0, 0.1) is 11.6 Å². The van der Waals surface area contributed by atoms with Gasteiger partial charge in [0, 0.05) is 103 Å². The molecular formula is C53H45Cl8F2N7O14S4. The van der Waals surface area contributed by atoms with Crippen LogP contribution in [0.5, 0.6) is 0 Å². The van der Waals surface area contributed by atoms with E-state index >= 15 is 0 Å². The number of aromatic amines is 1. The van der Waals surface area contributed by atoms with E-state index in [9.17, 15) is 58.0 Å². The number of aryl methyl sites for hydroxylation is 4. The number of hydrogen-bond donors (Lipinski definition) is 4. The number of nitrogens with zero attached hydrogens (tertiary/aromatic N) is 4. The molecule has 470 valence electrons. The van der Waals surface area contributed by atoms with Crippen LogP contribution in [0.25, 0.3) is 22.3 Å². The zero-order valence-corrected chi connectivity index (χ0v) is 54.5. The minimum Gasteiger partial charge on any atom is -0.396 e. The number of aromatic nitrogens is 5. The normalized spacial score (nSPS) is 10.9. The fourth-order valence-corrected chi connectivity index (χ4v) is 10.8. The van der Waals surface area contributed by atoms with Gasteiger partial charge < -0.3 is 29.0 Å². The molecule has 5 aromatic heterocycles. The molecule has 0 radical (unpaired) electrons. The van der Waals surface area contributed by atoms with Gasteiger partial charge in [-0.25, -0.2) is 34.0 Å². The van der Waals surface area contributed by atoms with E-state index in [2.05, 4.69) is 20.4 Å². The van der Waals surface area contributed by atoms with Crippen molar-refractivity contribution in [3.05, 3.63) is 259 Å². The fourth-order valence-electron chi connectivity index (χ4n) is 6.39. The third-order valence-corrected chi connectivity index (χ3v) is 15.5. The molecule has 0 aliphatic carbocycles. The lowest BCUT2D eigenvalue weighted by Gasteiger charge is -2.11. The second-order valence-corrected chi connectivity index (χ2v) is 27.9. The third-order valence-electron chi connectivity index (χ3n) is 10.4. The van der Waals surface area contributed by atoms with Gasteiger partial charge in [-0.05, 0) is 76.9 Å². The van der Waals surface area contributed by atoms with Crippen molar-refractivity contribution in [3.63, 3.8) is 0 Å². The Kier molecular flexibility index (Phi) is 28.9. The first-order chi connectivity index (χ1) is 40.7. The molecule has 0 fully saturated rings. The number of nitrogen functional groups attached to an aromatic ring is 1. The van der Waals surface area contributed by atoms with E-state index in [1.165, 1.54) is 74.8 Å². The number of anilines is 2. The van der Waals surface area contributed by atoms with Crippen molar-refractivity contribution < 1.29 is 47.0 Å². The first-order valence-corrected chi connectivity index (χ1v) is 33.7. The summed E-state index contributed by atoms with van der Waals surface area (Å²) < 4.78 is 127. The molecule has 9 aromatic rings. The van der Waals surface area contributed by atoms with Gasteiger partial charge in [-0.1, -0.05) is 131 Å². The van der Waals surface area contributed by atoms with Gasteiger partial charge in [0.05, 0.1) is 36.5 Å². The van der Waals surface area contributed by atoms with Crippen molar-refractivity contribution in [1.29, 1.82) is 0 Å². The number of hydrogen-bond acceptors (Lipinski definition) is 14. The van der Waals surface area contributed by atoms with E-state index < -0.39 is 74.6 Å². The van der Waals surface area contributed by atoms with Gasteiger partial charge >= 0.3 is 9.33 Å². The molecule has 0 aliphatic heterocycles. The fraction of sp³-hybridized carbons (Fsp3) is 0.0755. The highest BCUT2D eigenvalue weighted by atomic mass is 35.7. The zero-order chi connectivity index (χ0) is 66.6. The van der Waals surface area contributed by atoms with Crippen molar-refractivity contribution in [3.8, 4) is 22.3 Å². The molecular weight excluding hydrogens is 1410 g/mol. The molecule has 0 unspecified atom stereocenters. The van der Waals surface area contributed by atoms with Crippen LogP contribution in [0.15, 0.2) is 209 Å². The van der Waals surface area contributed by atoms with Gasteiger partial charge in [0.25, 0.3) is 44.8 Å². The number of benzene rings is 4. The predicted molar refractivity (Wildman–Crippen MR) is 341 cm³/mol. The molecule has 5 N–H and O–H groups in total. The van der Waals surface area contributed by atoms with Gasteiger partial charge in [0.15, 0.2) is 4.90 Å². The molecule has 0 aliphatic rings. The summed E-state index contributed by atoms with van der Waals surface area (Å²) in [5, 5.41) is 1.48. The van der Waals surface area contributed by atoms with Crippen LogP contribution >= 0.6 is 90.1 Å². The lowest BCUT2D eigenvalue weighted by atomic mass is 10.1. The maximum atomic E-state index is 14.2. The first kappa shape index (κ1) is 75.4. The van der Waals surface area contributed by atoms with Crippen LogP contribution in [-0.4, -0.2) is 61.5 Å². The van der Waals surface area contributed by atoms with Crippen molar-refractivity contribution in [2.75, 3.05) is 10.5 Å². The third kappa shape index (κ3) is 25.7. The van der Waals surface area contributed by atoms with Crippen molar-refractivity contribution in [2.45, 2.75) is 14.7 Å². The lowest BCUT2D eigenvalue weighted by molar-refractivity contribution is 0.501. The first-order valence-electron chi connectivity index (χ1n) is 23.5.